The van der Waals surface area contributed by atoms with Gasteiger partial charge in [0.1, 0.15) is 41.4 Å². The molecule has 0 saturated carbocycles. The lowest BCUT2D eigenvalue weighted by Crippen LogP contribution is -2.34. The fourth-order valence-electron chi connectivity index (χ4n) is 4.07. The average Bonchev–Trinajstić information content (AvgIpc) is 3.45. The number of rotatable bonds is 7. The second-order valence-electron chi connectivity index (χ2n) is 7.89. The van der Waals surface area contributed by atoms with E-state index in [4.69, 9.17) is 24.1 Å². The summed E-state index contributed by atoms with van der Waals surface area (Å²) in [4.78, 5) is 6.98. The molecule has 2 aromatic heterocycles. The van der Waals surface area contributed by atoms with Crippen molar-refractivity contribution in [3.8, 4) is 22.9 Å². The number of pyridine rings is 1. The van der Waals surface area contributed by atoms with Crippen LogP contribution in [0.4, 0.5) is 13.2 Å². The van der Waals surface area contributed by atoms with E-state index >= 15 is 0 Å². The molecule has 33 heavy (non-hydrogen) atoms. The van der Waals surface area contributed by atoms with Crippen LogP contribution in [0.5, 0.6) is 11.6 Å². The molecule has 0 bridgehead atoms. The molecule has 2 fully saturated rings. The number of hydrogen-bond donors (Lipinski definition) is 3. The number of hydrogen-bond acceptors (Lipinski definition) is 7. The predicted molar refractivity (Wildman–Crippen MR) is 109 cm³/mol. The maximum absolute atomic E-state index is 14.8. The summed E-state index contributed by atoms with van der Waals surface area (Å²) < 4.78 is 66.2. The first-order valence-corrected chi connectivity index (χ1v) is 10.4. The van der Waals surface area contributed by atoms with Crippen molar-refractivity contribution in [2.24, 2.45) is 0 Å². The van der Waals surface area contributed by atoms with Crippen molar-refractivity contribution in [1.82, 2.24) is 9.97 Å². The zero-order chi connectivity index (χ0) is 23.1. The molecule has 3 N–H and O–H groups in total. The number of aliphatic hydroxyl groups excluding tert-OH is 2. The van der Waals surface area contributed by atoms with E-state index in [0.29, 0.717) is 6.42 Å². The number of benzene rings is 1. The smallest absolute Gasteiger partial charge is 0.193 e. The number of aliphatic hydroxyl groups is 2. The van der Waals surface area contributed by atoms with E-state index in [-0.39, 0.29) is 49.1 Å². The Labute approximate surface area is 185 Å². The normalized spacial score (nSPS) is 24.4. The first-order chi connectivity index (χ1) is 15.9. The van der Waals surface area contributed by atoms with E-state index in [2.05, 4.69) is 9.97 Å². The number of fused-ring (bicyclic) bond motifs is 2. The molecule has 2 aliphatic heterocycles. The highest BCUT2D eigenvalue weighted by Crippen LogP contribution is 2.34. The Kier molecular flexibility index (Phi) is 5.87. The number of halogens is 3. The van der Waals surface area contributed by atoms with Gasteiger partial charge in [0.2, 0.25) is 0 Å². The van der Waals surface area contributed by atoms with E-state index in [9.17, 15) is 18.3 Å². The second-order valence-corrected chi connectivity index (χ2v) is 7.89. The van der Waals surface area contributed by atoms with Crippen LogP contribution in [-0.2, 0) is 9.47 Å². The monoisotopic (exact) mass is 466 g/mol. The Morgan fingerprint density at radius 3 is 2.55 bits per heavy atom. The fourth-order valence-corrected chi connectivity index (χ4v) is 4.07. The van der Waals surface area contributed by atoms with Crippen molar-refractivity contribution >= 4 is 11.0 Å². The molecule has 3 aromatic rings. The van der Waals surface area contributed by atoms with Crippen LogP contribution >= 0.6 is 0 Å². The molecular weight excluding hydrogens is 445 g/mol. The number of ether oxygens (including phenoxy) is 4. The molecule has 2 saturated heterocycles. The van der Waals surface area contributed by atoms with Crippen molar-refractivity contribution in [3.63, 3.8) is 0 Å². The highest BCUT2D eigenvalue weighted by molar-refractivity contribution is 5.81. The largest absolute Gasteiger partial charge is 0.493 e. The Hall–Kier alpha value is -2.86. The molecular formula is C22H21F3N2O6. The summed E-state index contributed by atoms with van der Waals surface area (Å²) in [6, 6.07) is 4.45. The maximum Gasteiger partial charge on any atom is 0.193 e. The summed E-state index contributed by atoms with van der Waals surface area (Å²) in [5, 5.41) is 18.6. The molecule has 2 aliphatic rings. The summed E-state index contributed by atoms with van der Waals surface area (Å²) >= 11 is 0. The van der Waals surface area contributed by atoms with Gasteiger partial charge in [-0.25, -0.2) is 18.2 Å². The lowest BCUT2D eigenvalue weighted by atomic mass is 10.1. The quantitative estimate of drug-likeness (QED) is 0.459. The molecule has 4 atom stereocenters. The van der Waals surface area contributed by atoms with Gasteiger partial charge in [-0.05, 0) is 0 Å². The molecule has 0 spiro atoms. The number of H-pyrrole nitrogens is 1. The van der Waals surface area contributed by atoms with Gasteiger partial charge in [-0.3, -0.25) is 0 Å². The van der Waals surface area contributed by atoms with E-state index in [1.54, 1.807) is 0 Å². The third kappa shape index (κ3) is 4.12. The van der Waals surface area contributed by atoms with Gasteiger partial charge < -0.3 is 34.1 Å². The Morgan fingerprint density at radius 2 is 1.79 bits per heavy atom. The summed E-state index contributed by atoms with van der Waals surface area (Å²) in [6.07, 6.45) is -1.81. The molecule has 1 aromatic carbocycles. The van der Waals surface area contributed by atoms with Gasteiger partial charge in [0.15, 0.2) is 17.8 Å². The Bertz CT molecular complexity index is 1150. The lowest BCUT2D eigenvalue weighted by Gasteiger charge is -2.16. The van der Waals surface area contributed by atoms with Gasteiger partial charge in [0.25, 0.3) is 0 Å². The summed E-state index contributed by atoms with van der Waals surface area (Å²) in [7, 11) is 0. The number of aromatic amines is 1. The molecule has 0 aliphatic carbocycles. The molecule has 4 heterocycles. The zero-order valence-corrected chi connectivity index (χ0v) is 17.3. The highest BCUT2D eigenvalue weighted by Gasteiger charge is 2.48. The zero-order valence-electron chi connectivity index (χ0n) is 17.3. The molecule has 176 valence electrons. The standard InChI is InChI=1S/C22H21F3N2O6/c23-11-4-10(30-3-1-2-28)5-12(24)19(11)20-13(25)6-14-15(27-20)7-18(26-14)33-17-9-32-21-16(29)8-31-22(17)21/h4-7,16-17,21-22,26,28-29H,1-3,8-9H2/t16-,17-,21-,22-/m1/s1. The number of nitrogens with zero attached hydrogens (tertiary/aromatic N) is 1. The van der Waals surface area contributed by atoms with Gasteiger partial charge in [0, 0.05) is 37.3 Å². The van der Waals surface area contributed by atoms with Crippen molar-refractivity contribution in [1.29, 1.82) is 0 Å². The number of aromatic nitrogens is 2. The van der Waals surface area contributed by atoms with Crippen LogP contribution < -0.4 is 9.47 Å². The average molecular weight is 466 g/mol. The minimum atomic E-state index is -1.03. The van der Waals surface area contributed by atoms with Crippen molar-refractivity contribution in [3.05, 3.63) is 41.7 Å². The van der Waals surface area contributed by atoms with Crippen LogP contribution in [0.15, 0.2) is 24.3 Å². The topological polar surface area (TPSA) is 106 Å². The van der Waals surface area contributed by atoms with Gasteiger partial charge in [-0.15, -0.1) is 0 Å². The van der Waals surface area contributed by atoms with Crippen molar-refractivity contribution in [2.45, 2.75) is 30.8 Å². The maximum atomic E-state index is 14.8. The van der Waals surface area contributed by atoms with Crippen LogP contribution in [0.25, 0.3) is 22.3 Å². The van der Waals surface area contributed by atoms with E-state index in [1.165, 1.54) is 6.07 Å². The Morgan fingerprint density at radius 1 is 1.03 bits per heavy atom. The predicted octanol–water partition coefficient (Wildman–Crippen LogP) is 2.31. The summed E-state index contributed by atoms with van der Waals surface area (Å²) in [6.45, 7) is 0.319. The van der Waals surface area contributed by atoms with Gasteiger partial charge in [0.05, 0.1) is 36.4 Å². The summed E-state index contributed by atoms with van der Waals surface area (Å²) in [5.41, 5.74) is -0.588. The van der Waals surface area contributed by atoms with Crippen LogP contribution in [-0.4, -0.2) is 71.0 Å². The van der Waals surface area contributed by atoms with E-state index in [1.807, 2.05) is 0 Å². The summed E-state index contributed by atoms with van der Waals surface area (Å²) in [5.74, 6) is -2.80. The molecule has 0 unspecified atom stereocenters. The van der Waals surface area contributed by atoms with Crippen LogP contribution in [0.2, 0.25) is 0 Å². The third-order valence-corrected chi connectivity index (χ3v) is 5.61. The molecule has 8 nitrogen and oxygen atoms in total. The van der Waals surface area contributed by atoms with Crippen molar-refractivity contribution < 1.29 is 42.3 Å². The molecule has 11 heteroatoms. The third-order valence-electron chi connectivity index (χ3n) is 5.61. The fraction of sp³-hybridized carbons (Fsp3) is 0.409. The SMILES string of the molecule is OCCCOc1cc(F)c(-c2nc3cc(O[C@@H]4CO[C@H]5[C@@H]4OC[C@H]5O)[nH]c3cc2F)c(F)c1. The minimum Gasteiger partial charge on any atom is -0.493 e. The van der Waals surface area contributed by atoms with Gasteiger partial charge in [-0.1, -0.05) is 0 Å². The Balaban J connectivity index is 1.41. The van der Waals surface area contributed by atoms with Crippen LogP contribution in [0.1, 0.15) is 6.42 Å². The molecule has 5 rings (SSSR count). The van der Waals surface area contributed by atoms with E-state index in [0.717, 1.165) is 18.2 Å². The molecule has 0 amide bonds. The lowest BCUT2D eigenvalue weighted by molar-refractivity contribution is 0.00794. The highest BCUT2D eigenvalue weighted by atomic mass is 19.1. The van der Waals surface area contributed by atoms with Crippen LogP contribution in [0, 0.1) is 17.5 Å². The van der Waals surface area contributed by atoms with Gasteiger partial charge in [-0.2, -0.15) is 0 Å². The first-order valence-electron chi connectivity index (χ1n) is 10.4. The van der Waals surface area contributed by atoms with Crippen molar-refractivity contribution in [2.75, 3.05) is 26.4 Å². The molecule has 0 radical (unpaired) electrons. The number of nitrogens with one attached hydrogen (secondary N) is 1. The van der Waals surface area contributed by atoms with E-state index < -0.39 is 53.1 Å². The van der Waals surface area contributed by atoms with Gasteiger partial charge >= 0.3 is 0 Å². The van der Waals surface area contributed by atoms with Crippen LogP contribution in [0.3, 0.4) is 0 Å². The minimum absolute atomic E-state index is 0.0719. The second kappa shape index (κ2) is 8.82. The first kappa shape index (κ1) is 22.0.